The van der Waals surface area contributed by atoms with Gasteiger partial charge in [-0.3, -0.25) is 0 Å². The number of nitrogens with zero attached hydrogens (tertiary/aromatic N) is 1. The molecular formula is C8H16INO. The molecule has 0 aromatic rings. The number of hydrogen-bond donors (Lipinski definition) is 0. The van der Waals surface area contributed by atoms with Crippen molar-refractivity contribution >= 4 is 22.6 Å². The highest BCUT2D eigenvalue weighted by atomic mass is 127. The van der Waals surface area contributed by atoms with E-state index in [0.717, 1.165) is 24.3 Å². The lowest BCUT2D eigenvalue weighted by Gasteiger charge is -2.09. The van der Waals surface area contributed by atoms with E-state index in [0.29, 0.717) is 0 Å². The molecule has 0 spiro atoms. The molecule has 2 nitrogen and oxygen atoms in total. The Hall–Kier alpha value is 0.390. The van der Waals surface area contributed by atoms with E-state index in [-0.39, 0.29) is 0 Å². The summed E-state index contributed by atoms with van der Waals surface area (Å²) in [5.74, 6) is 0. The van der Waals surface area contributed by atoms with Crippen LogP contribution in [-0.4, -0.2) is 36.3 Å². The number of alkyl halides is 1. The third-order valence-corrected chi connectivity index (χ3v) is 1.86. The average molecular weight is 269 g/mol. The Labute approximate surface area is 82.7 Å². The summed E-state index contributed by atoms with van der Waals surface area (Å²) < 4.78 is 5.90. The second kappa shape index (κ2) is 8.49. The largest absolute Gasteiger partial charge is 0.367 e. The van der Waals surface area contributed by atoms with Crippen molar-refractivity contribution in [1.29, 1.82) is 0 Å². The van der Waals surface area contributed by atoms with Crippen molar-refractivity contribution in [2.45, 2.75) is 6.92 Å². The maximum atomic E-state index is 5.13. The Morgan fingerprint density at radius 2 is 2.18 bits per heavy atom. The molecule has 0 saturated carbocycles. The van der Waals surface area contributed by atoms with Crippen LogP contribution in [0.25, 0.3) is 0 Å². The van der Waals surface area contributed by atoms with Crippen LogP contribution in [0.2, 0.25) is 0 Å². The van der Waals surface area contributed by atoms with Gasteiger partial charge in [0.25, 0.3) is 0 Å². The van der Waals surface area contributed by atoms with E-state index in [9.17, 15) is 0 Å². The Kier molecular flexibility index (Phi) is 8.79. The van der Waals surface area contributed by atoms with Gasteiger partial charge in [-0.2, -0.15) is 0 Å². The molecule has 0 amide bonds. The smallest absolute Gasteiger partial charge is 0.0983 e. The highest BCUT2D eigenvalue weighted by Gasteiger charge is 1.86. The molecule has 0 aliphatic carbocycles. The topological polar surface area (TPSA) is 12.5 Å². The van der Waals surface area contributed by atoms with Crippen molar-refractivity contribution in [3.8, 4) is 0 Å². The standard InChI is InChI=1S/C8H16INO/c1-3-10(2)6-4-5-7-11-8-9/h4-5H,3,6-8H2,1-2H3/b5-4+. The molecule has 3 heteroatoms. The van der Waals surface area contributed by atoms with E-state index in [1.807, 2.05) is 0 Å². The SMILES string of the molecule is CCN(C)C/C=C/COCI. The second-order valence-electron chi connectivity index (χ2n) is 2.31. The van der Waals surface area contributed by atoms with Crippen molar-refractivity contribution < 1.29 is 4.74 Å². The molecule has 0 atom stereocenters. The molecule has 66 valence electrons. The Balaban J connectivity index is 3.15. The molecule has 0 aliphatic rings. The van der Waals surface area contributed by atoms with E-state index in [4.69, 9.17) is 4.74 Å². The summed E-state index contributed by atoms with van der Waals surface area (Å²) in [6, 6.07) is 0. The lowest BCUT2D eigenvalue weighted by Crippen LogP contribution is -2.17. The van der Waals surface area contributed by atoms with Gasteiger partial charge in [0.15, 0.2) is 0 Å². The summed E-state index contributed by atoms with van der Waals surface area (Å²) in [6.45, 7) is 4.99. The van der Waals surface area contributed by atoms with Crippen LogP contribution in [0.3, 0.4) is 0 Å². The van der Waals surface area contributed by atoms with Gasteiger partial charge in [0.2, 0.25) is 0 Å². The van der Waals surface area contributed by atoms with Crippen LogP contribution in [-0.2, 0) is 4.74 Å². The molecule has 0 fully saturated rings. The lowest BCUT2D eigenvalue weighted by atomic mass is 10.4. The summed E-state index contributed by atoms with van der Waals surface area (Å²) in [7, 11) is 2.10. The summed E-state index contributed by atoms with van der Waals surface area (Å²) in [4.78, 5) is 2.24. The first-order valence-electron chi connectivity index (χ1n) is 3.78. The van der Waals surface area contributed by atoms with Crippen LogP contribution in [0, 0.1) is 0 Å². The normalized spacial score (nSPS) is 11.6. The van der Waals surface area contributed by atoms with Crippen molar-refractivity contribution in [2.75, 3.05) is 31.4 Å². The highest BCUT2D eigenvalue weighted by Crippen LogP contribution is 1.86. The Morgan fingerprint density at radius 1 is 1.45 bits per heavy atom. The maximum Gasteiger partial charge on any atom is 0.0983 e. The van der Waals surface area contributed by atoms with Crippen LogP contribution in [0.4, 0.5) is 0 Å². The van der Waals surface area contributed by atoms with E-state index < -0.39 is 0 Å². The first-order valence-corrected chi connectivity index (χ1v) is 5.31. The monoisotopic (exact) mass is 269 g/mol. The summed E-state index contributed by atoms with van der Waals surface area (Å²) in [6.07, 6.45) is 4.20. The first kappa shape index (κ1) is 11.4. The number of ether oxygens (including phenoxy) is 1. The zero-order valence-corrected chi connectivity index (χ0v) is 9.37. The van der Waals surface area contributed by atoms with Gasteiger partial charge in [-0.05, 0) is 13.6 Å². The zero-order valence-electron chi connectivity index (χ0n) is 7.22. The van der Waals surface area contributed by atoms with Gasteiger partial charge in [0, 0.05) is 6.54 Å². The van der Waals surface area contributed by atoms with Gasteiger partial charge in [0.05, 0.1) is 11.2 Å². The molecule has 11 heavy (non-hydrogen) atoms. The van der Waals surface area contributed by atoms with E-state index in [2.05, 4.69) is 53.6 Å². The predicted molar refractivity (Wildman–Crippen MR) is 57.2 cm³/mol. The van der Waals surface area contributed by atoms with Gasteiger partial charge in [-0.25, -0.2) is 0 Å². The number of likely N-dealkylation sites (N-methyl/N-ethyl adjacent to an activating group) is 1. The van der Waals surface area contributed by atoms with Crippen molar-refractivity contribution in [2.24, 2.45) is 0 Å². The summed E-state index contributed by atoms with van der Waals surface area (Å²) in [5.41, 5.74) is 0. The summed E-state index contributed by atoms with van der Waals surface area (Å²) >= 11 is 2.19. The molecule has 0 bridgehead atoms. The molecule has 0 aromatic heterocycles. The minimum atomic E-state index is 0.737. The Morgan fingerprint density at radius 3 is 2.73 bits per heavy atom. The van der Waals surface area contributed by atoms with E-state index >= 15 is 0 Å². The van der Waals surface area contributed by atoms with E-state index in [1.54, 1.807) is 0 Å². The quantitative estimate of drug-likeness (QED) is 0.316. The highest BCUT2D eigenvalue weighted by molar-refractivity contribution is 14.1. The van der Waals surface area contributed by atoms with Gasteiger partial charge >= 0.3 is 0 Å². The van der Waals surface area contributed by atoms with Gasteiger partial charge in [-0.1, -0.05) is 41.7 Å². The lowest BCUT2D eigenvalue weighted by molar-refractivity contribution is 0.225. The fourth-order valence-corrected chi connectivity index (χ4v) is 0.818. The third kappa shape index (κ3) is 8.29. The minimum Gasteiger partial charge on any atom is -0.367 e. The first-order chi connectivity index (χ1) is 5.31. The van der Waals surface area contributed by atoms with Crippen molar-refractivity contribution in [1.82, 2.24) is 4.90 Å². The second-order valence-corrected chi connectivity index (χ2v) is 2.93. The van der Waals surface area contributed by atoms with Gasteiger partial charge in [0.1, 0.15) is 0 Å². The van der Waals surface area contributed by atoms with Crippen LogP contribution in [0.15, 0.2) is 12.2 Å². The minimum absolute atomic E-state index is 0.737. The molecular weight excluding hydrogens is 253 g/mol. The molecule has 0 N–H and O–H groups in total. The average Bonchev–Trinajstić information content (AvgIpc) is 2.04. The molecule has 0 heterocycles. The van der Waals surface area contributed by atoms with Crippen LogP contribution in [0.1, 0.15) is 6.92 Å². The van der Waals surface area contributed by atoms with Crippen LogP contribution in [0.5, 0.6) is 0 Å². The van der Waals surface area contributed by atoms with Crippen LogP contribution < -0.4 is 0 Å². The van der Waals surface area contributed by atoms with Crippen LogP contribution >= 0.6 is 22.6 Å². The van der Waals surface area contributed by atoms with Crippen molar-refractivity contribution in [3.63, 3.8) is 0 Å². The maximum absolute atomic E-state index is 5.13. The van der Waals surface area contributed by atoms with Gasteiger partial charge in [-0.15, -0.1) is 0 Å². The van der Waals surface area contributed by atoms with E-state index in [1.165, 1.54) is 0 Å². The number of rotatable bonds is 6. The van der Waals surface area contributed by atoms with Crippen molar-refractivity contribution in [3.05, 3.63) is 12.2 Å². The molecule has 0 rings (SSSR count). The molecule has 0 saturated heterocycles. The molecule has 0 radical (unpaired) electrons. The Bertz CT molecular complexity index is 106. The molecule has 0 aromatic carbocycles. The number of hydrogen-bond acceptors (Lipinski definition) is 2. The van der Waals surface area contributed by atoms with Gasteiger partial charge < -0.3 is 9.64 Å². The molecule has 0 unspecified atom stereocenters. The number of halogens is 1. The summed E-state index contributed by atoms with van der Waals surface area (Å²) in [5, 5.41) is 0. The molecule has 0 aliphatic heterocycles. The zero-order chi connectivity index (χ0) is 8.53. The fraction of sp³-hybridized carbons (Fsp3) is 0.750. The predicted octanol–water partition coefficient (Wildman–Crippen LogP) is 1.90. The third-order valence-electron chi connectivity index (χ3n) is 1.41. The fourth-order valence-electron chi connectivity index (χ4n) is 0.564.